The van der Waals surface area contributed by atoms with E-state index in [1.54, 1.807) is 18.3 Å². The van der Waals surface area contributed by atoms with E-state index in [2.05, 4.69) is 10.3 Å². The number of hydrogen-bond donors (Lipinski definition) is 1. The van der Waals surface area contributed by atoms with Crippen molar-refractivity contribution in [3.05, 3.63) is 87.4 Å². The highest BCUT2D eigenvalue weighted by Crippen LogP contribution is 2.29. The van der Waals surface area contributed by atoms with Gasteiger partial charge < -0.3 is 0 Å². The van der Waals surface area contributed by atoms with E-state index in [1.807, 2.05) is 12.1 Å². The minimum absolute atomic E-state index is 0.285. The molecule has 0 aliphatic carbocycles. The van der Waals surface area contributed by atoms with Crippen LogP contribution in [0.1, 0.15) is 21.6 Å². The molecule has 8 heteroatoms. The van der Waals surface area contributed by atoms with Gasteiger partial charge in [0.2, 0.25) is 5.91 Å². The number of amides is 1. The molecule has 0 unspecified atom stereocenters. The lowest BCUT2D eigenvalue weighted by Crippen LogP contribution is -2.07. The van der Waals surface area contributed by atoms with Crippen molar-refractivity contribution >= 4 is 40.1 Å². The predicted molar refractivity (Wildman–Crippen MR) is 105 cm³/mol. The first kappa shape index (κ1) is 20.1. The van der Waals surface area contributed by atoms with Gasteiger partial charge in [-0.25, -0.2) is 4.98 Å². The molecule has 0 aliphatic rings. The van der Waals surface area contributed by atoms with Crippen LogP contribution in [0.25, 0.3) is 6.08 Å². The molecule has 1 heterocycles. The van der Waals surface area contributed by atoms with E-state index in [9.17, 15) is 18.0 Å². The number of rotatable bonds is 5. The van der Waals surface area contributed by atoms with Gasteiger partial charge in [-0.3, -0.25) is 10.1 Å². The normalized spacial score (nSPS) is 11.7. The van der Waals surface area contributed by atoms with Crippen LogP contribution in [-0.2, 0) is 17.4 Å². The Morgan fingerprint density at radius 2 is 1.93 bits per heavy atom. The fourth-order valence-electron chi connectivity index (χ4n) is 2.39. The van der Waals surface area contributed by atoms with Crippen molar-refractivity contribution in [3.63, 3.8) is 0 Å². The van der Waals surface area contributed by atoms with Crippen LogP contribution >= 0.6 is 22.9 Å². The van der Waals surface area contributed by atoms with Crippen LogP contribution in [0.2, 0.25) is 5.02 Å². The average Bonchev–Trinajstić information content (AvgIpc) is 3.08. The van der Waals surface area contributed by atoms with Gasteiger partial charge in [-0.05, 0) is 41.5 Å². The van der Waals surface area contributed by atoms with Gasteiger partial charge in [0.05, 0.1) is 5.56 Å². The Hall–Kier alpha value is -2.64. The van der Waals surface area contributed by atoms with Crippen LogP contribution in [0.4, 0.5) is 18.3 Å². The standard InChI is InChI=1S/C20H14ClF3N2OS/c21-16-7-4-14(5-8-16)11-17-12-25-19(28-17)26-18(27)9-6-13-2-1-3-15(10-13)20(22,23)24/h1-10,12H,11H2,(H,25,26,27)/b9-6+. The highest BCUT2D eigenvalue weighted by atomic mass is 35.5. The van der Waals surface area contributed by atoms with Crippen molar-refractivity contribution in [1.29, 1.82) is 0 Å². The summed E-state index contributed by atoms with van der Waals surface area (Å²) in [7, 11) is 0. The molecule has 1 amide bonds. The zero-order valence-corrected chi connectivity index (χ0v) is 15.9. The lowest BCUT2D eigenvalue weighted by atomic mass is 10.1. The number of halogens is 4. The number of nitrogens with one attached hydrogen (secondary N) is 1. The van der Waals surface area contributed by atoms with Crippen LogP contribution in [-0.4, -0.2) is 10.9 Å². The fraction of sp³-hybridized carbons (Fsp3) is 0.100. The molecule has 0 fully saturated rings. The molecule has 3 nitrogen and oxygen atoms in total. The molecule has 0 bridgehead atoms. The summed E-state index contributed by atoms with van der Waals surface area (Å²) >= 11 is 7.19. The van der Waals surface area contributed by atoms with Gasteiger partial charge >= 0.3 is 6.18 Å². The number of anilines is 1. The Bertz CT molecular complexity index is 997. The fourth-order valence-corrected chi connectivity index (χ4v) is 3.36. The van der Waals surface area contributed by atoms with Crippen molar-refractivity contribution in [3.8, 4) is 0 Å². The Balaban J connectivity index is 1.60. The smallest absolute Gasteiger partial charge is 0.298 e. The summed E-state index contributed by atoms with van der Waals surface area (Å²) < 4.78 is 38.1. The van der Waals surface area contributed by atoms with E-state index in [0.717, 1.165) is 22.6 Å². The first-order chi connectivity index (χ1) is 13.3. The van der Waals surface area contributed by atoms with Crippen LogP contribution in [0.3, 0.4) is 0 Å². The van der Waals surface area contributed by atoms with Gasteiger partial charge in [0.25, 0.3) is 0 Å². The topological polar surface area (TPSA) is 42.0 Å². The molecule has 3 aromatic rings. The number of thiazole rings is 1. The Labute approximate surface area is 168 Å². The Kier molecular flexibility index (Phi) is 6.16. The molecule has 0 saturated carbocycles. The second kappa shape index (κ2) is 8.58. The van der Waals surface area contributed by atoms with E-state index in [-0.39, 0.29) is 5.56 Å². The molecule has 0 spiro atoms. The first-order valence-electron chi connectivity index (χ1n) is 8.15. The largest absolute Gasteiger partial charge is 0.416 e. The predicted octanol–water partition coefficient (Wildman–Crippen LogP) is 6.06. The zero-order chi connectivity index (χ0) is 20.1. The minimum Gasteiger partial charge on any atom is -0.298 e. The zero-order valence-electron chi connectivity index (χ0n) is 14.3. The molecular formula is C20H14ClF3N2OS. The molecular weight excluding hydrogens is 409 g/mol. The van der Waals surface area contributed by atoms with Gasteiger partial charge in [-0.15, -0.1) is 11.3 Å². The van der Waals surface area contributed by atoms with E-state index >= 15 is 0 Å². The SMILES string of the molecule is O=C(/C=C/c1cccc(C(F)(F)F)c1)Nc1ncc(Cc2ccc(Cl)cc2)s1. The maximum absolute atomic E-state index is 12.7. The number of carbonyl (C=O) groups is 1. The minimum atomic E-state index is -4.42. The Morgan fingerprint density at radius 1 is 1.18 bits per heavy atom. The number of nitrogens with zero attached hydrogens (tertiary/aromatic N) is 1. The highest BCUT2D eigenvalue weighted by Gasteiger charge is 2.30. The van der Waals surface area contributed by atoms with Crippen LogP contribution in [0.15, 0.2) is 60.8 Å². The highest BCUT2D eigenvalue weighted by molar-refractivity contribution is 7.15. The van der Waals surface area contributed by atoms with Crippen molar-refractivity contribution in [2.45, 2.75) is 12.6 Å². The summed E-state index contributed by atoms with van der Waals surface area (Å²) in [6.07, 6.45) is 0.409. The van der Waals surface area contributed by atoms with Crippen LogP contribution in [0, 0.1) is 0 Å². The number of carbonyl (C=O) groups excluding carboxylic acids is 1. The van der Waals surface area contributed by atoms with Gasteiger partial charge in [0.15, 0.2) is 5.13 Å². The van der Waals surface area contributed by atoms with Gasteiger partial charge in [-0.1, -0.05) is 35.9 Å². The summed E-state index contributed by atoms with van der Waals surface area (Å²) in [6, 6.07) is 12.2. The van der Waals surface area contributed by atoms with E-state index in [1.165, 1.54) is 35.6 Å². The number of alkyl halides is 3. The second-order valence-corrected chi connectivity index (χ2v) is 7.43. The van der Waals surface area contributed by atoms with Crippen molar-refractivity contribution in [1.82, 2.24) is 4.98 Å². The number of benzene rings is 2. The van der Waals surface area contributed by atoms with Crippen molar-refractivity contribution < 1.29 is 18.0 Å². The van der Waals surface area contributed by atoms with Gasteiger partial charge in [0, 0.05) is 28.6 Å². The van der Waals surface area contributed by atoms with Gasteiger partial charge in [-0.2, -0.15) is 13.2 Å². The third-order valence-corrected chi connectivity index (χ3v) is 4.88. The summed E-state index contributed by atoms with van der Waals surface area (Å²) in [5.74, 6) is -0.468. The summed E-state index contributed by atoms with van der Waals surface area (Å²) in [6.45, 7) is 0. The third kappa shape index (κ3) is 5.68. The molecule has 1 N–H and O–H groups in total. The van der Waals surface area contributed by atoms with Crippen molar-refractivity contribution in [2.24, 2.45) is 0 Å². The molecule has 1 aromatic heterocycles. The molecule has 0 aliphatic heterocycles. The maximum Gasteiger partial charge on any atom is 0.416 e. The molecule has 2 aromatic carbocycles. The van der Waals surface area contributed by atoms with Crippen LogP contribution in [0.5, 0.6) is 0 Å². The molecule has 28 heavy (non-hydrogen) atoms. The van der Waals surface area contributed by atoms with E-state index in [4.69, 9.17) is 11.6 Å². The number of hydrogen-bond acceptors (Lipinski definition) is 3. The summed E-state index contributed by atoms with van der Waals surface area (Å²) in [5, 5.41) is 3.69. The molecule has 0 atom stereocenters. The molecule has 144 valence electrons. The van der Waals surface area contributed by atoms with E-state index < -0.39 is 17.6 Å². The summed E-state index contributed by atoms with van der Waals surface area (Å²) in [5.41, 5.74) is 0.588. The maximum atomic E-state index is 12.7. The average molecular weight is 423 g/mol. The molecule has 0 saturated heterocycles. The molecule has 3 rings (SSSR count). The van der Waals surface area contributed by atoms with Gasteiger partial charge in [0.1, 0.15) is 0 Å². The lowest BCUT2D eigenvalue weighted by molar-refractivity contribution is -0.137. The third-order valence-electron chi connectivity index (χ3n) is 3.72. The monoisotopic (exact) mass is 422 g/mol. The second-order valence-electron chi connectivity index (χ2n) is 5.88. The Morgan fingerprint density at radius 3 is 2.64 bits per heavy atom. The van der Waals surface area contributed by atoms with Crippen LogP contribution < -0.4 is 5.32 Å². The first-order valence-corrected chi connectivity index (χ1v) is 9.34. The number of aromatic nitrogens is 1. The molecule has 0 radical (unpaired) electrons. The summed E-state index contributed by atoms with van der Waals surface area (Å²) in [4.78, 5) is 17.1. The lowest BCUT2D eigenvalue weighted by Gasteiger charge is -2.06. The van der Waals surface area contributed by atoms with E-state index in [0.29, 0.717) is 16.6 Å². The quantitative estimate of drug-likeness (QED) is 0.508. The van der Waals surface area contributed by atoms with Crippen molar-refractivity contribution in [2.75, 3.05) is 5.32 Å².